The molecule has 0 saturated heterocycles. The van der Waals surface area contributed by atoms with Crippen molar-refractivity contribution in [1.82, 2.24) is 5.32 Å². The Morgan fingerprint density at radius 2 is 1.67 bits per heavy atom. The summed E-state index contributed by atoms with van der Waals surface area (Å²) in [5, 5.41) is 4.33. The summed E-state index contributed by atoms with van der Waals surface area (Å²) in [5.74, 6) is 0. The highest BCUT2D eigenvalue weighted by Gasteiger charge is 1.85. The zero-order valence-corrected chi connectivity index (χ0v) is 6.69. The van der Waals surface area contributed by atoms with Gasteiger partial charge in [-0.25, -0.2) is 5.32 Å². The van der Waals surface area contributed by atoms with Crippen molar-refractivity contribution in [3.63, 3.8) is 0 Å². The molecule has 0 rings (SSSR count). The van der Waals surface area contributed by atoms with E-state index in [4.69, 9.17) is 0 Å². The lowest BCUT2D eigenvalue weighted by Gasteiger charge is -1.97. The quantitative estimate of drug-likeness (QED) is 0.487. The zero-order chi connectivity index (χ0) is 6.95. The molecule has 55 valence electrons. The minimum atomic E-state index is 1.06. The van der Waals surface area contributed by atoms with Crippen molar-refractivity contribution in [2.45, 2.75) is 39.5 Å². The van der Waals surface area contributed by atoms with Crippen molar-refractivity contribution in [2.75, 3.05) is 13.1 Å². The van der Waals surface area contributed by atoms with Crippen LogP contribution in [0.4, 0.5) is 0 Å². The van der Waals surface area contributed by atoms with E-state index in [-0.39, 0.29) is 0 Å². The number of hydrogen-bond donors (Lipinski definition) is 0. The van der Waals surface area contributed by atoms with Crippen molar-refractivity contribution in [3.05, 3.63) is 0 Å². The Balaban J connectivity index is 2.60. The van der Waals surface area contributed by atoms with Gasteiger partial charge in [0, 0.05) is 13.1 Å². The van der Waals surface area contributed by atoms with Crippen molar-refractivity contribution < 1.29 is 0 Å². The van der Waals surface area contributed by atoms with Crippen LogP contribution >= 0.6 is 0 Å². The standard InChI is InChI=1S/C8H18N/c1-3-5-6-8-9-7-4-2/h3-8H2,1-2H3. The van der Waals surface area contributed by atoms with Crippen LogP contribution in [0.2, 0.25) is 0 Å². The first-order valence-corrected chi connectivity index (χ1v) is 4.05. The molecule has 0 bridgehead atoms. The number of unbranched alkanes of at least 4 members (excludes halogenated alkanes) is 2. The second-order valence-electron chi connectivity index (χ2n) is 2.38. The topological polar surface area (TPSA) is 14.1 Å². The molecule has 0 aromatic rings. The predicted octanol–water partition coefficient (Wildman–Crippen LogP) is 2.19. The molecule has 0 unspecified atom stereocenters. The second kappa shape index (κ2) is 7.96. The van der Waals surface area contributed by atoms with Gasteiger partial charge in [0.1, 0.15) is 0 Å². The number of nitrogens with zero attached hydrogens (tertiary/aromatic N) is 1. The Bertz CT molecular complexity index is 37.8. The highest BCUT2D eigenvalue weighted by molar-refractivity contribution is 4.44. The van der Waals surface area contributed by atoms with Gasteiger partial charge in [-0.05, 0) is 12.8 Å². The molecule has 0 fully saturated rings. The van der Waals surface area contributed by atoms with Gasteiger partial charge < -0.3 is 0 Å². The minimum absolute atomic E-state index is 1.06. The second-order valence-corrected chi connectivity index (χ2v) is 2.38. The minimum Gasteiger partial charge on any atom is -0.242 e. The molecule has 0 N–H and O–H groups in total. The Morgan fingerprint density at radius 3 is 2.22 bits per heavy atom. The van der Waals surface area contributed by atoms with Crippen LogP contribution in [0.3, 0.4) is 0 Å². The van der Waals surface area contributed by atoms with Crippen molar-refractivity contribution in [3.8, 4) is 0 Å². The van der Waals surface area contributed by atoms with Crippen LogP contribution in [0.5, 0.6) is 0 Å². The van der Waals surface area contributed by atoms with Crippen molar-refractivity contribution >= 4 is 0 Å². The van der Waals surface area contributed by atoms with E-state index in [2.05, 4.69) is 19.2 Å². The maximum Gasteiger partial charge on any atom is 0.0133 e. The van der Waals surface area contributed by atoms with E-state index in [0.717, 1.165) is 13.1 Å². The summed E-state index contributed by atoms with van der Waals surface area (Å²) in [7, 11) is 0. The van der Waals surface area contributed by atoms with E-state index < -0.39 is 0 Å². The summed E-state index contributed by atoms with van der Waals surface area (Å²) in [6.07, 6.45) is 5.14. The van der Waals surface area contributed by atoms with E-state index in [9.17, 15) is 0 Å². The lowest BCUT2D eigenvalue weighted by molar-refractivity contribution is 0.602. The number of hydrogen-bond acceptors (Lipinski definition) is 0. The predicted molar refractivity (Wildman–Crippen MR) is 41.7 cm³/mol. The summed E-state index contributed by atoms with van der Waals surface area (Å²) < 4.78 is 0. The van der Waals surface area contributed by atoms with Gasteiger partial charge in [-0.15, -0.1) is 0 Å². The Hall–Kier alpha value is -0.0400. The van der Waals surface area contributed by atoms with Gasteiger partial charge in [0.15, 0.2) is 0 Å². The molecule has 9 heavy (non-hydrogen) atoms. The Labute approximate surface area is 58.8 Å². The fourth-order valence-electron chi connectivity index (χ4n) is 0.744. The molecule has 0 heterocycles. The smallest absolute Gasteiger partial charge is 0.0133 e. The van der Waals surface area contributed by atoms with Crippen LogP contribution in [-0.2, 0) is 0 Å². The first-order chi connectivity index (χ1) is 4.41. The molecule has 0 amide bonds. The average Bonchev–Trinajstić information content (AvgIpc) is 1.89. The lowest BCUT2D eigenvalue weighted by Crippen LogP contribution is -2.06. The SMILES string of the molecule is CCCCC[N]CCC. The molecule has 1 radical (unpaired) electrons. The van der Waals surface area contributed by atoms with Crippen molar-refractivity contribution in [2.24, 2.45) is 0 Å². The average molecular weight is 128 g/mol. The van der Waals surface area contributed by atoms with Crippen LogP contribution in [0.15, 0.2) is 0 Å². The molecular formula is C8H18N. The molecule has 0 aliphatic heterocycles. The largest absolute Gasteiger partial charge is 0.242 e. The summed E-state index contributed by atoms with van der Waals surface area (Å²) in [4.78, 5) is 0. The highest BCUT2D eigenvalue weighted by Crippen LogP contribution is 1.91. The van der Waals surface area contributed by atoms with E-state index in [1.165, 1.54) is 25.7 Å². The third-order valence-corrected chi connectivity index (χ3v) is 1.30. The zero-order valence-electron chi connectivity index (χ0n) is 6.69. The fourth-order valence-corrected chi connectivity index (χ4v) is 0.744. The van der Waals surface area contributed by atoms with E-state index in [1.54, 1.807) is 0 Å². The normalized spacial score (nSPS) is 10.0. The van der Waals surface area contributed by atoms with Gasteiger partial charge >= 0.3 is 0 Å². The molecule has 1 heteroatoms. The van der Waals surface area contributed by atoms with Crippen LogP contribution in [0.1, 0.15) is 39.5 Å². The maximum absolute atomic E-state index is 4.33. The molecule has 0 saturated carbocycles. The molecule has 0 aliphatic rings. The van der Waals surface area contributed by atoms with Crippen LogP contribution in [0, 0.1) is 0 Å². The van der Waals surface area contributed by atoms with Gasteiger partial charge in [0.2, 0.25) is 0 Å². The van der Waals surface area contributed by atoms with Crippen LogP contribution in [0.25, 0.3) is 0 Å². The molecular weight excluding hydrogens is 110 g/mol. The number of rotatable bonds is 6. The fraction of sp³-hybridized carbons (Fsp3) is 1.00. The molecule has 0 aromatic heterocycles. The van der Waals surface area contributed by atoms with Crippen molar-refractivity contribution in [1.29, 1.82) is 0 Å². The first kappa shape index (κ1) is 8.96. The van der Waals surface area contributed by atoms with Crippen LogP contribution < -0.4 is 5.32 Å². The monoisotopic (exact) mass is 128 g/mol. The summed E-state index contributed by atoms with van der Waals surface area (Å²) in [5.41, 5.74) is 0. The summed E-state index contributed by atoms with van der Waals surface area (Å²) >= 11 is 0. The summed E-state index contributed by atoms with van der Waals surface area (Å²) in [6, 6.07) is 0. The molecule has 0 spiro atoms. The van der Waals surface area contributed by atoms with Gasteiger partial charge in [0.05, 0.1) is 0 Å². The molecule has 1 nitrogen and oxygen atoms in total. The lowest BCUT2D eigenvalue weighted by atomic mass is 10.2. The van der Waals surface area contributed by atoms with Gasteiger partial charge in [0.25, 0.3) is 0 Å². The molecule has 0 atom stereocenters. The third-order valence-electron chi connectivity index (χ3n) is 1.30. The highest BCUT2D eigenvalue weighted by atomic mass is 14.8. The van der Waals surface area contributed by atoms with E-state index in [0.29, 0.717) is 0 Å². The first-order valence-electron chi connectivity index (χ1n) is 4.05. The maximum atomic E-state index is 4.33. The third kappa shape index (κ3) is 7.96. The molecule has 0 aliphatic carbocycles. The Morgan fingerprint density at radius 1 is 0.889 bits per heavy atom. The Kier molecular flexibility index (Phi) is 7.92. The van der Waals surface area contributed by atoms with Crippen LogP contribution in [-0.4, -0.2) is 13.1 Å². The van der Waals surface area contributed by atoms with Gasteiger partial charge in [-0.2, -0.15) is 0 Å². The summed E-state index contributed by atoms with van der Waals surface area (Å²) in [6.45, 7) is 6.54. The van der Waals surface area contributed by atoms with Gasteiger partial charge in [-0.1, -0.05) is 26.7 Å². The van der Waals surface area contributed by atoms with E-state index >= 15 is 0 Å². The molecule has 0 aromatic carbocycles. The van der Waals surface area contributed by atoms with E-state index in [1.807, 2.05) is 0 Å². The van der Waals surface area contributed by atoms with Gasteiger partial charge in [-0.3, -0.25) is 0 Å².